The van der Waals surface area contributed by atoms with Crippen molar-refractivity contribution in [2.45, 2.75) is 37.6 Å². The predicted molar refractivity (Wildman–Crippen MR) is 149 cm³/mol. The van der Waals surface area contributed by atoms with Crippen LogP contribution in [0.2, 0.25) is 0 Å². The van der Waals surface area contributed by atoms with E-state index >= 15 is 0 Å². The molecular formula is C30H30N6O4. The first-order chi connectivity index (χ1) is 19.5. The van der Waals surface area contributed by atoms with E-state index in [-0.39, 0.29) is 11.9 Å². The van der Waals surface area contributed by atoms with Crippen molar-refractivity contribution in [1.82, 2.24) is 19.9 Å². The van der Waals surface area contributed by atoms with Crippen molar-refractivity contribution in [1.29, 1.82) is 5.26 Å². The minimum absolute atomic E-state index is 0.172. The van der Waals surface area contributed by atoms with Gasteiger partial charge >= 0.3 is 0 Å². The van der Waals surface area contributed by atoms with Crippen LogP contribution in [0.4, 0.5) is 5.69 Å². The van der Waals surface area contributed by atoms with E-state index in [2.05, 4.69) is 16.4 Å². The zero-order valence-corrected chi connectivity index (χ0v) is 22.7. The lowest BCUT2D eigenvalue weighted by Crippen LogP contribution is -2.28. The van der Waals surface area contributed by atoms with E-state index in [1.165, 1.54) is 18.2 Å². The van der Waals surface area contributed by atoms with Crippen LogP contribution in [0.15, 0.2) is 41.1 Å². The summed E-state index contributed by atoms with van der Waals surface area (Å²) in [6.45, 7) is 1.42. The maximum Gasteiger partial charge on any atom is 0.255 e. The highest BCUT2D eigenvalue weighted by Crippen LogP contribution is 2.47. The van der Waals surface area contributed by atoms with Crippen LogP contribution < -0.4 is 10.1 Å². The lowest BCUT2D eigenvalue weighted by atomic mass is 10.0. The van der Waals surface area contributed by atoms with Crippen LogP contribution in [0.5, 0.6) is 5.75 Å². The fourth-order valence-corrected chi connectivity index (χ4v) is 5.10. The van der Waals surface area contributed by atoms with Gasteiger partial charge in [-0.2, -0.15) is 5.26 Å². The van der Waals surface area contributed by atoms with Crippen molar-refractivity contribution in [2.24, 2.45) is 0 Å². The van der Waals surface area contributed by atoms with Crippen molar-refractivity contribution < 1.29 is 18.7 Å². The molecule has 6 rings (SSSR count). The third-order valence-corrected chi connectivity index (χ3v) is 7.39. The fraction of sp³-hybridized carbons (Fsp3) is 0.367. The molecular weight excluding hydrogens is 508 g/mol. The maximum absolute atomic E-state index is 12.5. The van der Waals surface area contributed by atoms with Gasteiger partial charge in [0.15, 0.2) is 17.0 Å². The van der Waals surface area contributed by atoms with Gasteiger partial charge in [0.25, 0.3) is 5.91 Å². The summed E-state index contributed by atoms with van der Waals surface area (Å²) in [5, 5.41) is 13.4. The average molecular weight is 539 g/mol. The minimum atomic E-state index is -0.172. The summed E-state index contributed by atoms with van der Waals surface area (Å²) in [4.78, 5) is 27.9. The van der Waals surface area contributed by atoms with Gasteiger partial charge in [-0.05, 0) is 55.4 Å². The van der Waals surface area contributed by atoms with Crippen LogP contribution in [-0.4, -0.2) is 66.2 Å². The van der Waals surface area contributed by atoms with Crippen molar-refractivity contribution >= 4 is 22.7 Å². The molecule has 0 aromatic carbocycles. The molecule has 5 heterocycles. The Morgan fingerprint density at radius 3 is 2.62 bits per heavy atom. The summed E-state index contributed by atoms with van der Waals surface area (Å²) in [7, 11) is 4.91. The number of hydrogen-bond acceptors (Lipinski definition) is 9. The van der Waals surface area contributed by atoms with Crippen LogP contribution in [0.1, 0.15) is 53.2 Å². The molecule has 0 bridgehead atoms. The molecule has 10 heteroatoms. The number of anilines is 1. The van der Waals surface area contributed by atoms with Gasteiger partial charge in [-0.15, -0.1) is 0 Å². The van der Waals surface area contributed by atoms with E-state index in [9.17, 15) is 10.1 Å². The zero-order chi connectivity index (χ0) is 27.8. The molecule has 204 valence electrons. The second kappa shape index (κ2) is 10.6. The van der Waals surface area contributed by atoms with E-state index in [0.717, 1.165) is 42.5 Å². The molecule has 1 saturated heterocycles. The molecule has 2 aliphatic rings. The standard InChI is InChI=1S/C30H30N6O4/c1-36(2)30(37)18-12-25(38-3)28(33-15-18)26-13-23-29(40-26)27(20(16-32-23)17-4-5-17)22-7-6-21(24(14-31)35-22)34-19-8-10-39-11-9-19/h6-7,12-13,15-17,19,34H,4-5,8-11H2,1-3H3. The van der Waals surface area contributed by atoms with E-state index < -0.39 is 0 Å². The van der Waals surface area contributed by atoms with Gasteiger partial charge in [-0.25, -0.2) is 9.97 Å². The van der Waals surface area contributed by atoms with E-state index in [1.54, 1.807) is 20.2 Å². The lowest BCUT2D eigenvalue weighted by Gasteiger charge is -2.24. The van der Waals surface area contributed by atoms with Gasteiger partial charge in [-0.1, -0.05) is 0 Å². The van der Waals surface area contributed by atoms with Crippen molar-refractivity contribution in [3.05, 3.63) is 53.5 Å². The number of fused-ring (bicyclic) bond motifs is 1. The molecule has 1 saturated carbocycles. The summed E-state index contributed by atoms with van der Waals surface area (Å²) in [5.74, 6) is 1.09. The zero-order valence-electron chi connectivity index (χ0n) is 22.7. The van der Waals surface area contributed by atoms with Crippen LogP contribution in [0.25, 0.3) is 33.8 Å². The predicted octanol–water partition coefficient (Wildman–Crippen LogP) is 5.00. The number of nitrogens with one attached hydrogen (secondary N) is 1. The molecule has 1 N–H and O–H groups in total. The molecule has 40 heavy (non-hydrogen) atoms. The smallest absolute Gasteiger partial charge is 0.255 e. The number of furan rings is 1. The Kier molecular flexibility index (Phi) is 6.82. The van der Waals surface area contributed by atoms with Crippen LogP contribution >= 0.6 is 0 Å². The average Bonchev–Trinajstić information content (AvgIpc) is 3.74. The number of nitriles is 1. The maximum atomic E-state index is 12.5. The molecule has 10 nitrogen and oxygen atoms in total. The molecule has 0 radical (unpaired) electrons. The Morgan fingerprint density at radius 2 is 1.93 bits per heavy atom. The molecule has 4 aromatic heterocycles. The lowest BCUT2D eigenvalue weighted by molar-refractivity contribution is 0.0826. The molecule has 0 spiro atoms. The molecule has 2 fully saturated rings. The highest BCUT2D eigenvalue weighted by molar-refractivity contribution is 5.96. The molecule has 0 atom stereocenters. The van der Waals surface area contributed by atoms with Crippen molar-refractivity contribution in [2.75, 3.05) is 39.7 Å². The van der Waals surface area contributed by atoms with Gasteiger partial charge in [0.2, 0.25) is 0 Å². The number of amides is 1. The highest BCUT2D eigenvalue weighted by atomic mass is 16.5. The summed E-state index contributed by atoms with van der Waals surface area (Å²) in [6.07, 6.45) is 7.32. The third kappa shape index (κ3) is 4.84. The van der Waals surface area contributed by atoms with E-state index in [1.807, 2.05) is 24.4 Å². The van der Waals surface area contributed by atoms with Crippen molar-refractivity contribution in [3.8, 4) is 34.5 Å². The SMILES string of the molecule is COc1cc(C(=O)N(C)C)cnc1-c1cc2ncc(C3CC3)c(-c3ccc(NC4CCOCC4)c(C#N)n3)c2o1. The number of hydrogen-bond donors (Lipinski definition) is 1. The van der Waals surface area contributed by atoms with Gasteiger partial charge in [-0.3, -0.25) is 9.78 Å². The number of methoxy groups -OCH3 is 1. The van der Waals surface area contributed by atoms with Gasteiger partial charge in [0.05, 0.1) is 29.6 Å². The number of pyridine rings is 3. The van der Waals surface area contributed by atoms with E-state index in [4.69, 9.17) is 23.9 Å². The van der Waals surface area contributed by atoms with Crippen molar-refractivity contribution in [3.63, 3.8) is 0 Å². The molecule has 4 aromatic rings. The molecule has 1 aliphatic heterocycles. The first-order valence-corrected chi connectivity index (χ1v) is 13.4. The number of ether oxygens (including phenoxy) is 2. The number of nitrogens with zero attached hydrogens (tertiary/aromatic N) is 5. The monoisotopic (exact) mass is 538 g/mol. The second-order valence-electron chi connectivity index (χ2n) is 10.4. The van der Waals surface area contributed by atoms with Gasteiger partial charge in [0.1, 0.15) is 23.0 Å². The quantitative estimate of drug-likeness (QED) is 0.346. The summed E-state index contributed by atoms with van der Waals surface area (Å²) in [5.41, 5.74) is 5.74. The number of rotatable bonds is 7. The molecule has 1 amide bonds. The summed E-state index contributed by atoms with van der Waals surface area (Å²) < 4.78 is 17.5. The first kappa shape index (κ1) is 25.8. The van der Waals surface area contributed by atoms with Crippen LogP contribution in [0, 0.1) is 11.3 Å². The number of aromatic nitrogens is 3. The van der Waals surface area contributed by atoms with Gasteiger partial charge < -0.3 is 24.1 Å². The Balaban J connectivity index is 1.43. The second-order valence-corrected chi connectivity index (χ2v) is 10.4. The number of carbonyl (C=O) groups excluding carboxylic acids is 1. The fourth-order valence-electron chi connectivity index (χ4n) is 5.10. The Labute approximate surface area is 232 Å². The van der Waals surface area contributed by atoms with Crippen LogP contribution in [0.3, 0.4) is 0 Å². The topological polar surface area (TPSA) is 126 Å². The number of carbonyl (C=O) groups is 1. The highest BCUT2D eigenvalue weighted by Gasteiger charge is 2.31. The Hall–Kier alpha value is -4.49. The third-order valence-electron chi connectivity index (χ3n) is 7.39. The Bertz CT molecular complexity index is 1630. The van der Waals surface area contributed by atoms with Crippen LogP contribution in [-0.2, 0) is 4.74 Å². The molecule has 1 aliphatic carbocycles. The first-order valence-electron chi connectivity index (χ1n) is 13.4. The largest absolute Gasteiger partial charge is 0.494 e. The normalized spacial score (nSPS) is 15.6. The van der Waals surface area contributed by atoms with Gasteiger partial charge in [0, 0.05) is 51.8 Å². The summed E-state index contributed by atoms with van der Waals surface area (Å²) >= 11 is 0. The Morgan fingerprint density at radius 1 is 1.12 bits per heavy atom. The van der Waals surface area contributed by atoms with E-state index in [0.29, 0.717) is 64.4 Å². The molecule has 0 unspecified atom stereocenters. The summed E-state index contributed by atoms with van der Waals surface area (Å²) in [6, 6.07) is 9.86. The minimum Gasteiger partial charge on any atom is -0.494 e.